The number of hydrogen-bond donors (Lipinski definition) is 1. The number of nitrogens with zero attached hydrogens (tertiary/aromatic N) is 2. The van der Waals surface area contributed by atoms with E-state index in [1.54, 1.807) is 25.2 Å². The van der Waals surface area contributed by atoms with Crippen LogP contribution in [-0.4, -0.2) is 34.1 Å². The molecule has 1 aromatic heterocycles. The number of thioether (sulfide) groups is 2. The van der Waals surface area contributed by atoms with Gasteiger partial charge in [-0.2, -0.15) is 0 Å². The molecule has 0 bridgehead atoms. The van der Waals surface area contributed by atoms with Crippen LogP contribution in [0.15, 0.2) is 33.0 Å². The number of benzene rings is 1. The van der Waals surface area contributed by atoms with Crippen molar-refractivity contribution in [1.29, 1.82) is 0 Å². The number of rotatable bonds is 5. The first-order chi connectivity index (χ1) is 12.0. The van der Waals surface area contributed by atoms with Gasteiger partial charge in [0, 0.05) is 24.2 Å². The highest BCUT2D eigenvalue weighted by Crippen LogP contribution is 2.29. The first-order valence-corrected chi connectivity index (χ1v) is 9.83. The van der Waals surface area contributed by atoms with Gasteiger partial charge in [-0.25, -0.2) is 4.98 Å². The Balaban J connectivity index is 1.70. The minimum atomic E-state index is -0.227. The van der Waals surface area contributed by atoms with E-state index in [1.807, 2.05) is 0 Å². The molecule has 0 aliphatic carbocycles. The van der Waals surface area contributed by atoms with Gasteiger partial charge in [0.05, 0.1) is 29.1 Å². The van der Waals surface area contributed by atoms with E-state index in [0.717, 1.165) is 22.8 Å². The van der Waals surface area contributed by atoms with Crippen molar-refractivity contribution < 1.29 is 9.53 Å². The smallest absolute Gasteiger partial charge is 0.267 e. The van der Waals surface area contributed by atoms with Crippen LogP contribution in [0.5, 0.6) is 5.75 Å². The molecule has 3 rings (SSSR count). The maximum atomic E-state index is 12.3. The minimum absolute atomic E-state index is 0.0491. The molecule has 25 heavy (non-hydrogen) atoms. The van der Waals surface area contributed by atoms with Crippen LogP contribution in [0.4, 0.5) is 5.69 Å². The zero-order chi connectivity index (χ0) is 18.0. The van der Waals surface area contributed by atoms with E-state index in [-0.39, 0.29) is 17.2 Å². The fourth-order valence-electron chi connectivity index (χ4n) is 2.39. The van der Waals surface area contributed by atoms with Crippen molar-refractivity contribution in [3.63, 3.8) is 0 Å². The van der Waals surface area contributed by atoms with Gasteiger partial charge in [-0.15, -0.1) is 11.8 Å². The lowest BCUT2D eigenvalue weighted by atomic mass is 10.3. The molecule has 0 saturated carbocycles. The van der Waals surface area contributed by atoms with E-state index in [9.17, 15) is 9.59 Å². The Morgan fingerprint density at radius 1 is 1.52 bits per heavy atom. The summed E-state index contributed by atoms with van der Waals surface area (Å²) in [5.41, 5.74) is 1.28. The quantitative estimate of drug-likeness (QED) is 0.617. The standard InChI is InChI=1S/C16H16ClN3O3S2/c1-20-15(22)14-10(5-6-24-14)19-16(20)25-8-13(21)18-11-7-9(17)3-4-12(11)23-2/h3-4,7H,5-6,8H2,1-2H3,(H,18,21). The number of methoxy groups -OCH3 is 1. The summed E-state index contributed by atoms with van der Waals surface area (Å²) in [6.45, 7) is 0. The van der Waals surface area contributed by atoms with E-state index < -0.39 is 0 Å². The number of carbonyl (C=O) groups excluding carboxylic acids is 1. The highest BCUT2D eigenvalue weighted by atomic mass is 35.5. The monoisotopic (exact) mass is 397 g/mol. The average molecular weight is 398 g/mol. The van der Waals surface area contributed by atoms with Crippen LogP contribution in [0.1, 0.15) is 5.69 Å². The fraction of sp³-hybridized carbons (Fsp3) is 0.312. The molecule has 9 heteroatoms. The Morgan fingerprint density at radius 2 is 2.32 bits per heavy atom. The molecule has 1 amide bonds. The third-order valence-corrected chi connectivity index (χ3v) is 6.00. The highest BCUT2D eigenvalue weighted by molar-refractivity contribution is 8.00. The predicted molar refractivity (Wildman–Crippen MR) is 101 cm³/mol. The molecule has 6 nitrogen and oxygen atoms in total. The lowest BCUT2D eigenvalue weighted by Crippen LogP contribution is -2.23. The first kappa shape index (κ1) is 18.2. The lowest BCUT2D eigenvalue weighted by molar-refractivity contribution is -0.113. The number of hydrogen-bond acceptors (Lipinski definition) is 6. The van der Waals surface area contributed by atoms with E-state index >= 15 is 0 Å². The molecule has 0 spiro atoms. The number of carbonyl (C=O) groups is 1. The molecular formula is C16H16ClN3O3S2. The van der Waals surface area contributed by atoms with Gasteiger partial charge < -0.3 is 10.1 Å². The second-order valence-electron chi connectivity index (χ2n) is 5.31. The number of anilines is 1. The molecule has 1 N–H and O–H groups in total. The summed E-state index contributed by atoms with van der Waals surface area (Å²) in [5.74, 6) is 1.31. The van der Waals surface area contributed by atoms with Crippen molar-refractivity contribution in [2.75, 3.05) is 23.9 Å². The summed E-state index contributed by atoms with van der Waals surface area (Å²) in [4.78, 5) is 29.8. The van der Waals surface area contributed by atoms with Gasteiger partial charge in [0.1, 0.15) is 5.75 Å². The van der Waals surface area contributed by atoms with Gasteiger partial charge in [-0.05, 0) is 18.2 Å². The van der Waals surface area contributed by atoms with Gasteiger partial charge in [0.2, 0.25) is 5.91 Å². The van der Waals surface area contributed by atoms with Crippen LogP contribution in [-0.2, 0) is 18.3 Å². The van der Waals surface area contributed by atoms with Crippen LogP contribution >= 0.6 is 35.1 Å². The molecular weight excluding hydrogens is 382 g/mol. The summed E-state index contributed by atoms with van der Waals surface area (Å²) in [6, 6.07) is 5.01. The maximum absolute atomic E-state index is 12.3. The van der Waals surface area contributed by atoms with Crippen LogP contribution in [0.3, 0.4) is 0 Å². The van der Waals surface area contributed by atoms with Crippen molar-refractivity contribution in [1.82, 2.24) is 9.55 Å². The van der Waals surface area contributed by atoms with Gasteiger partial charge in [-0.1, -0.05) is 23.4 Å². The van der Waals surface area contributed by atoms with Gasteiger partial charge >= 0.3 is 0 Å². The molecule has 1 aliphatic heterocycles. The lowest BCUT2D eigenvalue weighted by Gasteiger charge is -2.11. The Labute approximate surface area is 158 Å². The number of aryl methyl sites for hydroxylation is 1. The van der Waals surface area contributed by atoms with Crippen LogP contribution in [0.2, 0.25) is 5.02 Å². The van der Waals surface area contributed by atoms with Crippen molar-refractivity contribution in [3.8, 4) is 5.75 Å². The molecule has 0 saturated heterocycles. The maximum Gasteiger partial charge on any atom is 0.267 e. The average Bonchev–Trinajstić information content (AvgIpc) is 3.05. The summed E-state index contributed by atoms with van der Waals surface area (Å²) in [5, 5.41) is 3.82. The molecule has 1 aliphatic rings. The zero-order valence-electron chi connectivity index (χ0n) is 13.7. The molecule has 2 heterocycles. The van der Waals surface area contributed by atoms with Gasteiger partial charge in [0.25, 0.3) is 5.56 Å². The number of fused-ring (bicyclic) bond motifs is 1. The SMILES string of the molecule is COc1ccc(Cl)cc1NC(=O)CSc1nc2c(c(=O)n1C)SCC2. The van der Waals surface area contributed by atoms with E-state index in [1.165, 1.54) is 35.2 Å². The second-order valence-corrected chi connectivity index (χ2v) is 7.80. The van der Waals surface area contributed by atoms with Crippen molar-refractivity contribution in [2.45, 2.75) is 16.5 Å². The van der Waals surface area contributed by atoms with Crippen molar-refractivity contribution >= 4 is 46.7 Å². The predicted octanol–water partition coefficient (Wildman–Crippen LogP) is 2.82. The molecule has 0 atom stereocenters. The number of ether oxygens (including phenoxy) is 1. The highest BCUT2D eigenvalue weighted by Gasteiger charge is 2.20. The normalized spacial score (nSPS) is 12.8. The fourth-order valence-corrected chi connectivity index (χ4v) is 4.42. The first-order valence-electron chi connectivity index (χ1n) is 7.48. The number of nitrogens with one attached hydrogen (secondary N) is 1. The van der Waals surface area contributed by atoms with Crippen LogP contribution in [0, 0.1) is 0 Å². The third kappa shape index (κ3) is 3.96. The Morgan fingerprint density at radius 3 is 3.08 bits per heavy atom. The summed E-state index contributed by atoms with van der Waals surface area (Å²) >= 11 is 8.73. The topological polar surface area (TPSA) is 73.2 Å². The van der Waals surface area contributed by atoms with Crippen molar-refractivity contribution in [2.24, 2.45) is 7.05 Å². The van der Waals surface area contributed by atoms with E-state index in [2.05, 4.69) is 10.3 Å². The summed E-state index contributed by atoms with van der Waals surface area (Å²) < 4.78 is 6.70. The Kier molecular flexibility index (Phi) is 5.61. The van der Waals surface area contributed by atoms with Gasteiger partial charge in [0.15, 0.2) is 5.16 Å². The third-order valence-electron chi connectivity index (χ3n) is 3.63. The minimum Gasteiger partial charge on any atom is -0.495 e. The van der Waals surface area contributed by atoms with Crippen LogP contribution in [0.25, 0.3) is 0 Å². The number of halogens is 1. The summed E-state index contributed by atoms with van der Waals surface area (Å²) in [6.07, 6.45) is 0.787. The Bertz CT molecular complexity index is 886. The molecule has 2 aromatic rings. The van der Waals surface area contributed by atoms with Crippen molar-refractivity contribution in [3.05, 3.63) is 39.3 Å². The van der Waals surface area contributed by atoms with Crippen LogP contribution < -0.4 is 15.6 Å². The largest absolute Gasteiger partial charge is 0.495 e. The van der Waals surface area contributed by atoms with E-state index in [4.69, 9.17) is 16.3 Å². The number of amides is 1. The zero-order valence-corrected chi connectivity index (χ0v) is 16.1. The second kappa shape index (κ2) is 7.72. The Hall–Kier alpha value is -1.64. The molecule has 132 valence electrons. The molecule has 0 unspecified atom stereocenters. The molecule has 1 aromatic carbocycles. The number of aromatic nitrogens is 2. The van der Waals surface area contributed by atoms with E-state index in [0.29, 0.717) is 21.6 Å². The molecule has 0 radical (unpaired) electrons. The summed E-state index contributed by atoms with van der Waals surface area (Å²) in [7, 11) is 3.20. The van der Waals surface area contributed by atoms with Gasteiger partial charge in [-0.3, -0.25) is 14.2 Å². The molecule has 0 fully saturated rings.